The number of amides is 1. The number of rotatable bonds is 6. The highest BCUT2D eigenvalue weighted by atomic mass is 16.3. The van der Waals surface area contributed by atoms with Crippen LogP contribution in [0, 0.1) is 5.92 Å². The van der Waals surface area contributed by atoms with Crippen molar-refractivity contribution in [2.24, 2.45) is 11.7 Å². The minimum absolute atomic E-state index is 0.00291. The molecular formula is C11H24N2O2. The standard InChI is InChI=1S/C11H24N2O2/c1-7(2)10(12)6-11(15)13-8(3)5-9(4)14/h7-10,14H,5-6,12H2,1-4H3,(H,13,15). The van der Waals surface area contributed by atoms with Crippen LogP contribution in [0.15, 0.2) is 0 Å². The average molecular weight is 216 g/mol. The number of aliphatic hydroxyl groups excluding tert-OH is 1. The van der Waals surface area contributed by atoms with Crippen LogP contribution in [0.3, 0.4) is 0 Å². The Balaban J connectivity index is 3.83. The number of carbonyl (C=O) groups is 1. The van der Waals surface area contributed by atoms with Gasteiger partial charge in [-0.05, 0) is 26.2 Å². The summed E-state index contributed by atoms with van der Waals surface area (Å²) in [5.74, 6) is 0.271. The van der Waals surface area contributed by atoms with Gasteiger partial charge in [0.2, 0.25) is 5.91 Å². The van der Waals surface area contributed by atoms with E-state index in [0.29, 0.717) is 18.8 Å². The summed E-state index contributed by atoms with van der Waals surface area (Å²) in [7, 11) is 0. The molecule has 0 spiro atoms. The lowest BCUT2D eigenvalue weighted by molar-refractivity contribution is -0.122. The van der Waals surface area contributed by atoms with Crippen molar-refractivity contribution >= 4 is 5.91 Å². The molecule has 3 atom stereocenters. The van der Waals surface area contributed by atoms with Crippen LogP contribution < -0.4 is 11.1 Å². The molecule has 0 aliphatic heterocycles. The minimum atomic E-state index is -0.390. The number of carbonyl (C=O) groups excluding carboxylic acids is 1. The predicted octanol–water partition coefficient (Wildman–Crippen LogP) is 0.635. The van der Waals surface area contributed by atoms with E-state index >= 15 is 0 Å². The van der Waals surface area contributed by atoms with Crippen LogP contribution in [-0.4, -0.2) is 29.2 Å². The van der Waals surface area contributed by atoms with E-state index in [0.717, 1.165) is 0 Å². The summed E-state index contributed by atoms with van der Waals surface area (Å²) in [4.78, 5) is 11.5. The Morgan fingerprint density at radius 3 is 2.27 bits per heavy atom. The van der Waals surface area contributed by atoms with Crippen LogP contribution in [0.1, 0.15) is 40.5 Å². The monoisotopic (exact) mass is 216 g/mol. The molecule has 4 heteroatoms. The maximum absolute atomic E-state index is 11.5. The molecule has 0 rings (SSSR count). The molecule has 0 aliphatic rings. The van der Waals surface area contributed by atoms with Crippen molar-refractivity contribution in [2.45, 2.75) is 58.7 Å². The van der Waals surface area contributed by atoms with Crippen molar-refractivity contribution in [1.29, 1.82) is 0 Å². The van der Waals surface area contributed by atoms with E-state index in [9.17, 15) is 4.79 Å². The van der Waals surface area contributed by atoms with Gasteiger partial charge in [0.05, 0.1) is 6.10 Å². The van der Waals surface area contributed by atoms with Crippen molar-refractivity contribution in [2.75, 3.05) is 0 Å². The molecule has 0 bridgehead atoms. The summed E-state index contributed by atoms with van der Waals surface area (Å²) in [6.45, 7) is 7.59. The van der Waals surface area contributed by atoms with Crippen molar-refractivity contribution in [3.05, 3.63) is 0 Å². The second-order valence-electron chi connectivity index (χ2n) is 4.67. The van der Waals surface area contributed by atoms with E-state index in [-0.39, 0.29) is 24.1 Å². The van der Waals surface area contributed by atoms with Gasteiger partial charge in [-0.3, -0.25) is 4.79 Å². The largest absolute Gasteiger partial charge is 0.393 e. The Kier molecular flexibility index (Phi) is 6.52. The number of nitrogens with two attached hydrogens (primary N) is 1. The van der Waals surface area contributed by atoms with Gasteiger partial charge in [-0.1, -0.05) is 13.8 Å². The molecule has 1 amide bonds. The van der Waals surface area contributed by atoms with Gasteiger partial charge < -0.3 is 16.2 Å². The summed E-state index contributed by atoms with van der Waals surface area (Å²) >= 11 is 0. The van der Waals surface area contributed by atoms with Crippen LogP contribution in [0.25, 0.3) is 0 Å². The summed E-state index contributed by atoms with van der Waals surface area (Å²) < 4.78 is 0. The molecule has 4 nitrogen and oxygen atoms in total. The van der Waals surface area contributed by atoms with E-state index in [4.69, 9.17) is 10.8 Å². The first kappa shape index (κ1) is 14.4. The fourth-order valence-corrected chi connectivity index (χ4v) is 1.35. The smallest absolute Gasteiger partial charge is 0.221 e. The van der Waals surface area contributed by atoms with Gasteiger partial charge in [0.1, 0.15) is 0 Å². The Hall–Kier alpha value is -0.610. The van der Waals surface area contributed by atoms with E-state index < -0.39 is 0 Å². The van der Waals surface area contributed by atoms with Crippen LogP contribution >= 0.6 is 0 Å². The maximum atomic E-state index is 11.5. The zero-order chi connectivity index (χ0) is 12.0. The lowest BCUT2D eigenvalue weighted by Crippen LogP contribution is -2.39. The molecule has 3 unspecified atom stereocenters. The number of aliphatic hydroxyl groups is 1. The highest BCUT2D eigenvalue weighted by Gasteiger charge is 2.15. The first-order valence-electron chi connectivity index (χ1n) is 5.56. The zero-order valence-corrected chi connectivity index (χ0v) is 10.2. The van der Waals surface area contributed by atoms with Gasteiger partial charge in [0, 0.05) is 18.5 Å². The molecular weight excluding hydrogens is 192 g/mol. The molecule has 0 aromatic rings. The second-order valence-corrected chi connectivity index (χ2v) is 4.67. The first-order chi connectivity index (χ1) is 6.82. The van der Waals surface area contributed by atoms with E-state index in [1.54, 1.807) is 6.92 Å². The molecule has 0 fully saturated rings. The molecule has 15 heavy (non-hydrogen) atoms. The lowest BCUT2D eigenvalue weighted by atomic mass is 10.0. The van der Waals surface area contributed by atoms with Crippen molar-refractivity contribution in [1.82, 2.24) is 5.32 Å². The molecule has 90 valence electrons. The summed E-state index contributed by atoms with van der Waals surface area (Å²) in [6, 6.07) is -0.0967. The topological polar surface area (TPSA) is 75.3 Å². The SMILES string of the molecule is CC(O)CC(C)NC(=O)CC(N)C(C)C. The molecule has 0 saturated heterocycles. The third-order valence-corrected chi connectivity index (χ3v) is 2.38. The number of hydrogen-bond acceptors (Lipinski definition) is 3. The summed E-state index contributed by atoms with van der Waals surface area (Å²) in [6.07, 6.45) is 0.531. The molecule has 0 heterocycles. The summed E-state index contributed by atoms with van der Waals surface area (Å²) in [5, 5.41) is 11.9. The quantitative estimate of drug-likeness (QED) is 0.610. The third-order valence-electron chi connectivity index (χ3n) is 2.38. The molecule has 0 aromatic heterocycles. The highest BCUT2D eigenvalue weighted by Crippen LogP contribution is 2.03. The Morgan fingerprint density at radius 2 is 1.87 bits per heavy atom. The minimum Gasteiger partial charge on any atom is -0.393 e. The third kappa shape index (κ3) is 7.33. The zero-order valence-electron chi connectivity index (χ0n) is 10.2. The summed E-state index contributed by atoms with van der Waals surface area (Å²) in [5.41, 5.74) is 5.78. The predicted molar refractivity (Wildman–Crippen MR) is 61.3 cm³/mol. The Bertz CT molecular complexity index is 193. The van der Waals surface area contributed by atoms with Crippen LogP contribution in [0.5, 0.6) is 0 Å². The normalized spacial score (nSPS) is 17.3. The van der Waals surface area contributed by atoms with Crippen LogP contribution in [0.2, 0.25) is 0 Å². The average Bonchev–Trinajstić information content (AvgIpc) is 2.00. The van der Waals surface area contributed by atoms with Gasteiger partial charge in [-0.25, -0.2) is 0 Å². The van der Waals surface area contributed by atoms with Gasteiger partial charge in [-0.15, -0.1) is 0 Å². The van der Waals surface area contributed by atoms with E-state index in [1.165, 1.54) is 0 Å². The number of hydrogen-bond donors (Lipinski definition) is 3. The Labute approximate surface area is 92.2 Å². The van der Waals surface area contributed by atoms with E-state index in [1.807, 2.05) is 20.8 Å². The first-order valence-corrected chi connectivity index (χ1v) is 5.56. The van der Waals surface area contributed by atoms with Gasteiger partial charge >= 0.3 is 0 Å². The molecule has 0 saturated carbocycles. The molecule has 0 aliphatic carbocycles. The number of nitrogens with one attached hydrogen (secondary N) is 1. The molecule has 0 aromatic carbocycles. The van der Waals surface area contributed by atoms with Crippen molar-refractivity contribution in [3.63, 3.8) is 0 Å². The van der Waals surface area contributed by atoms with Gasteiger partial charge in [0.25, 0.3) is 0 Å². The Morgan fingerprint density at radius 1 is 1.33 bits per heavy atom. The van der Waals surface area contributed by atoms with Crippen LogP contribution in [-0.2, 0) is 4.79 Å². The van der Waals surface area contributed by atoms with Gasteiger partial charge in [0.15, 0.2) is 0 Å². The maximum Gasteiger partial charge on any atom is 0.221 e. The highest BCUT2D eigenvalue weighted by molar-refractivity contribution is 5.76. The van der Waals surface area contributed by atoms with Gasteiger partial charge in [-0.2, -0.15) is 0 Å². The van der Waals surface area contributed by atoms with Crippen molar-refractivity contribution < 1.29 is 9.90 Å². The molecule has 0 radical (unpaired) electrons. The van der Waals surface area contributed by atoms with Crippen LogP contribution in [0.4, 0.5) is 0 Å². The fraction of sp³-hybridized carbons (Fsp3) is 0.909. The van der Waals surface area contributed by atoms with E-state index in [2.05, 4.69) is 5.32 Å². The van der Waals surface area contributed by atoms with Crippen molar-refractivity contribution in [3.8, 4) is 0 Å². The molecule has 4 N–H and O–H groups in total. The lowest BCUT2D eigenvalue weighted by Gasteiger charge is -2.19. The second kappa shape index (κ2) is 6.80. The fourth-order valence-electron chi connectivity index (χ4n) is 1.35.